The van der Waals surface area contributed by atoms with E-state index in [0.29, 0.717) is 18.0 Å². The normalized spacial score (nSPS) is 10.7. The van der Waals surface area contributed by atoms with Gasteiger partial charge in [-0.3, -0.25) is 14.5 Å². The van der Waals surface area contributed by atoms with Crippen LogP contribution < -0.4 is 10.1 Å². The smallest absolute Gasteiger partial charge is 0.243 e. The molecule has 0 fully saturated rings. The molecule has 2 rings (SSSR count). The number of carbonyl (C=O) groups is 2. The highest BCUT2D eigenvalue weighted by atomic mass is 35.5. The number of anilines is 1. The van der Waals surface area contributed by atoms with Crippen molar-refractivity contribution in [3.63, 3.8) is 0 Å². The summed E-state index contributed by atoms with van der Waals surface area (Å²) in [6, 6.07) is 10.9. The van der Waals surface area contributed by atoms with Crippen molar-refractivity contribution in [2.45, 2.75) is 13.5 Å². The zero-order valence-corrected chi connectivity index (χ0v) is 17.3. The predicted octanol–water partition coefficient (Wildman–Crippen LogP) is 3.33. The van der Waals surface area contributed by atoms with Crippen molar-refractivity contribution >= 4 is 40.4 Å². The average molecular weight is 410 g/mol. The Hall–Kier alpha value is -2.09. The van der Waals surface area contributed by atoms with E-state index in [4.69, 9.17) is 16.3 Å². The molecular formula is C19H24ClN3O3S. The molecule has 0 radical (unpaired) electrons. The Labute approximate surface area is 168 Å². The molecule has 0 spiro atoms. The van der Waals surface area contributed by atoms with Crippen LogP contribution >= 0.6 is 22.9 Å². The summed E-state index contributed by atoms with van der Waals surface area (Å²) in [5.74, 6) is 0.289. The van der Waals surface area contributed by atoms with Crippen LogP contribution in [0.3, 0.4) is 0 Å². The molecule has 0 saturated heterocycles. The van der Waals surface area contributed by atoms with Crippen molar-refractivity contribution in [1.29, 1.82) is 0 Å². The lowest BCUT2D eigenvalue weighted by atomic mass is 10.3. The van der Waals surface area contributed by atoms with Crippen molar-refractivity contribution in [3.05, 3.63) is 45.6 Å². The monoisotopic (exact) mass is 409 g/mol. The molecule has 1 heterocycles. The van der Waals surface area contributed by atoms with Gasteiger partial charge in [0.15, 0.2) is 0 Å². The maximum Gasteiger partial charge on any atom is 0.243 e. The highest BCUT2D eigenvalue weighted by Gasteiger charge is 2.17. The van der Waals surface area contributed by atoms with Gasteiger partial charge in [-0.25, -0.2) is 0 Å². The Balaban J connectivity index is 1.84. The number of methoxy groups -OCH3 is 1. The largest absolute Gasteiger partial charge is 0.497 e. The predicted molar refractivity (Wildman–Crippen MR) is 110 cm³/mol. The number of hydrogen-bond acceptors (Lipinski definition) is 5. The third kappa shape index (κ3) is 6.86. The highest BCUT2D eigenvalue weighted by Crippen LogP contribution is 2.22. The van der Waals surface area contributed by atoms with E-state index in [-0.39, 0.29) is 24.9 Å². The zero-order valence-electron chi connectivity index (χ0n) is 15.7. The van der Waals surface area contributed by atoms with Crippen molar-refractivity contribution in [2.75, 3.05) is 39.1 Å². The van der Waals surface area contributed by atoms with Crippen LogP contribution in [0.4, 0.5) is 5.69 Å². The van der Waals surface area contributed by atoms with Crippen molar-refractivity contribution < 1.29 is 14.3 Å². The zero-order chi connectivity index (χ0) is 19.8. The minimum Gasteiger partial charge on any atom is -0.497 e. The summed E-state index contributed by atoms with van der Waals surface area (Å²) >= 11 is 7.46. The molecule has 2 aromatic rings. The second-order valence-corrected chi connectivity index (χ2v) is 7.84. The summed E-state index contributed by atoms with van der Waals surface area (Å²) in [7, 11) is 3.19. The summed E-state index contributed by atoms with van der Waals surface area (Å²) in [6.07, 6.45) is 0. The first-order valence-electron chi connectivity index (χ1n) is 8.55. The minimum atomic E-state index is -0.257. The molecule has 0 unspecified atom stereocenters. The van der Waals surface area contributed by atoms with Gasteiger partial charge in [-0.15, -0.1) is 11.3 Å². The second kappa shape index (κ2) is 10.3. The van der Waals surface area contributed by atoms with Crippen LogP contribution in [0.25, 0.3) is 0 Å². The molecule has 0 bridgehead atoms. The lowest BCUT2D eigenvalue weighted by molar-refractivity contribution is -0.134. The SMILES string of the molecule is CCN(CC(=O)N(C)CC(=O)Nc1cccc(OC)c1)Cc1ccc(Cl)s1. The van der Waals surface area contributed by atoms with Gasteiger partial charge in [-0.05, 0) is 30.8 Å². The maximum atomic E-state index is 12.5. The van der Waals surface area contributed by atoms with Crippen LogP contribution in [0.1, 0.15) is 11.8 Å². The van der Waals surface area contributed by atoms with Gasteiger partial charge in [0.1, 0.15) is 5.75 Å². The lowest BCUT2D eigenvalue weighted by Crippen LogP contribution is -2.41. The fourth-order valence-corrected chi connectivity index (χ4v) is 3.58. The summed E-state index contributed by atoms with van der Waals surface area (Å²) in [6.45, 7) is 3.61. The molecule has 1 aromatic carbocycles. The molecule has 1 N–H and O–H groups in total. The molecule has 146 valence electrons. The molecule has 1 aromatic heterocycles. The Morgan fingerprint density at radius 3 is 2.63 bits per heavy atom. The fraction of sp³-hybridized carbons (Fsp3) is 0.368. The van der Waals surface area contributed by atoms with Gasteiger partial charge in [-0.1, -0.05) is 24.6 Å². The fourth-order valence-electron chi connectivity index (χ4n) is 2.45. The van der Waals surface area contributed by atoms with E-state index < -0.39 is 0 Å². The van der Waals surface area contributed by atoms with Crippen LogP contribution in [0.5, 0.6) is 5.75 Å². The van der Waals surface area contributed by atoms with Gasteiger partial charge in [0.2, 0.25) is 11.8 Å². The van der Waals surface area contributed by atoms with Crippen LogP contribution in [0.15, 0.2) is 36.4 Å². The van der Waals surface area contributed by atoms with Gasteiger partial charge in [-0.2, -0.15) is 0 Å². The number of halogens is 1. The van der Waals surface area contributed by atoms with Gasteiger partial charge in [0.05, 0.1) is 24.5 Å². The van der Waals surface area contributed by atoms with Gasteiger partial charge >= 0.3 is 0 Å². The standard InChI is InChI=1S/C19H24ClN3O3S/c1-4-23(11-16-8-9-17(20)27-16)13-19(25)22(2)12-18(24)21-14-6-5-7-15(10-14)26-3/h5-10H,4,11-13H2,1-3H3,(H,21,24). The molecule has 0 aliphatic carbocycles. The molecule has 0 atom stereocenters. The molecule has 27 heavy (non-hydrogen) atoms. The summed E-state index contributed by atoms with van der Waals surface area (Å²) < 4.78 is 5.87. The summed E-state index contributed by atoms with van der Waals surface area (Å²) in [5, 5.41) is 2.77. The number of hydrogen-bond donors (Lipinski definition) is 1. The van der Waals surface area contributed by atoms with Crippen LogP contribution in [-0.2, 0) is 16.1 Å². The topological polar surface area (TPSA) is 61.9 Å². The van der Waals surface area contributed by atoms with Crippen LogP contribution in [0, 0.1) is 0 Å². The number of benzene rings is 1. The number of likely N-dealkylation sites (N-methyl/N-ethyl adjacent to an activating group) is 2. The molecular weight excluding hydrogens is 386 g/mol. The molecule has 8 heteroatoms. The van der Waals surface area contributed by atoms with Crippen molar-refractivity contribution in [3.8, 4) is 5.75 Å². The third-order valence-electron chi connectivity index (χ3n) is 3.97. The summed E-state index contributed by atoms with van der Waals surface area (Å²) in [4.78, 5) is 29.2. The van der Waals surface area contributed by atoms with Crippen LogP contribution in [0.2, 0.25) is 4.34 Å². The number of thiophene rings is 1. The molecule has 2 amide bonds. The average Bonchev–Trinajstić information content (AvgIpc) is 3.05. The van der Waals surface area contributed by atoms with Gasteiger partial charge in [0, 0.05) is 30.2 Å². The Kier molecular flexibility index (Phi) is 8.09. The Morgan fingerprint density at radius 1 is 1.22 bits per heavy atom. The quantitative estimate of drug-likeness (QED) is 0.690. The number of carbonyl (C=O) groups excluding carboxylic acids is 2. The number of ether oxygens (including phenoxy) is 1. The first-order chi connectivity index (χ1) is 12.9. The minimum absolute atomic E-state index is 0.0154. The molecule has 0 aliphatic rings. The van der Waals surface area contributed by atoms with E-state index in [0.717, 1.165) is 15.8 Å². The first kappa shape index (κ1) is 21.2. The maximum absolute atomic E-state index is 12.5. The third-order valence-corrected chi connectivity index (χ3v) is 5.19. The Bertz CT molecular complexity index is 781. The number of nitrogens with zero attached hydrogens (tertiary/aromatic N) is 2. The van der Waals surface area contributed by atoms with Gasteiger partial charge in [0.25, 0.3) is 0 Å². The first-order valence-corrected chi connectivity index (χ1v) is 9.75. The van der Waals surface area contributed by atoms with Crippen molar-refractivity contribution in [1.82, 2.24) is 9.80 Å². The van der Waals surface area contributed by atoms with E-state index in [1.165, 1.54) is 16.2 Å². The molecule has 6 nitrogen and oxygen atoms in total. The highest BCUT2D eigenvalue weighted by molar-refractivity contribution is 7.16. The number of rotatable bonds is 9. The van der Waals surface area contributed by atoms with E-state index in [2.05, 4.69) is 5.32 Å². The van der Waals surface area contributed by atoms with E-state index >= 15 is 0 Å². The van der Waals surface area contributed by atoms with E-state index in [9.17, 15) is 9.59 Å². The van der Waals surface area contributed by atoms with E-state index in [1.807, 2.05) is 24.0 Å². The van der Waals surface area contributed by atoms with Crippen LogP contribution in [-0.4, -0.2) is 55.4 Å². The number of amides is 2. The Morgan fingerprint density at radius 2 is 2.00 bits per heavy atom. The van der Waals surface area contributed by atoms with Crippen molar-refractivity contribution in [2.24, 2.45) is 0 Å². The number of nitrogens with one attached hydrogen (secondary N) is 1. The van der Waals surface area contributed by atoms with Gasteiger partial charge < -0.3 is 15.0 Å². The van der Waals surface area contributed by atoms with E-state index in [1.54, 1.807) is 38.4 Å². The lowest BCUT2D eigenvalue weighted by Gasteiger charge is -2.23. The molecule has 0 aliphatic heterocycles. The summed E-state index contributed by atoms with van der Waals surface area (Å²) in [5.41, 5.74) is 0.630. The molecule has 0 saturated carbocycles. The second-order valence-electron chi connectivity index (χ2n) is 6.04.